The van der Waals surface area contributed by atoms with Gasteiger partial charge in [0.25, 0.3) is 0 Å². The lowest BCUT2D eigenvalue weighted by molar-refractivity contribution is 0.403. The van der Waals surface area contributed by atoms with Crippen LogP contribution in [0.3, 0.4) is 0 Å². The Bertz CT molecular complexity index is 133. The Labute approximate surface area is 92.8 Å². The molecule has 0 atom stereocenters. The molecule has 0 radical (unpaired) electrons. The van der Waals surface area contributed by atoms with Crippen molar-refractivity contribution >= 4 is 11.8 Å². The van der Waals surface area contributed by atoms with Gasteiger partial charge in [-0.25, -0.2) is 0 Å². The molecule has 0 aromatic carbocycles. The van der Waals surface area contributed by atoms with Crippen LogP contribution in [0.25, 0.3) is 0 Å². The van der Waals surface area contributed by atoms with Gasteiger partial charge < -0.3 is 10.2 Å². The molecule has 0 aromatic heterocycles. The van der Waals surface area contributed by atoms with Gasteiger partial charge in [-0.2, -0.15) is 11.8 Å². The maximum absolute atomic E-state index is 3.48. The Morgan fingerprint density at radius 1 is 1.21 bits per heavy atom. The molecule has 14 heavy (non-hydrogen) atoms. The van der Waals surface area contributed by atoms with E-state index < -0.39 is 0 Å². The van der Waals surface area contributed by atoms with E-state index >= 15 is 0 Å². The van der Waals surface area contributed by atoms with E-state index in [1.54, 1.807) is 0 Å². The molecular formula is C11H24N2S. The number of nitrogens with one attached hydrogen (secondary N) is 1. The minimum absolute atomic E-state index is 0.977. The van der Waals surface area contributed by atoms with Gasteiger partial charge in [0.15, 0.2) is 0 Å². The van der Waals surface area contributed by atoms with E-state index in [9.17, 15) is 0 Å². The molecule has 1 rings (SSSR count). The normalized spacial score (nSPS) is 18.2. The topological polar surface area (TPSA) is 15.3 Å². The highest BCUT2D eigenvalue weighted by Gasteiger charge is 2.14. The highest BCUT2D eigenvalue weighted by Crippen LogP contribution is 2.28. The van der Waals surface area contributed by atoms with Crippen molar-refractivity contribution in [2.75, 3.05) is 39.5 Å². The van der Waals surface area contributed by atoms with Crippen molar-refractivity contribution in [3.8, 4) is 0 Å². The van der Waals surface area contributed by atoms with Crippen molar-refractivity contribution in [3.63, 3.8) is 0 Å². The van der Waals surface area contributed by atoms with Gasteiger partial charge in [0.2, 0.25) is 0 Å². The molecule has 84 valence electrons. The van der Waals surface area contributed by atoms with E-state index in [0.29, 0.717) is 0 Å². The second-order valence-electron chi connectivity index (χ2n) is 4.33. The second-order valence-corrected chi connectivity index (χ2v) is 5.74. The SMILES string of the molecule is CN(C)CCNCCSC1CCCC1. The minimum atomic E-state index is 0.977. The first-order chi connectivity index (χ1) is 6.79. The first kappa shape index (κ1) is 12.3. The molecule has 0 unspecified atom stereocenters. The van der Waals surface area contributed by atoms with E-state index in [1.165, 1.54) is 38.0 Å². The van der Waals surface area contributed by atoms with E-state index in [-0.39, 0.29) is 0 Å². The summed E-state index contributed by atoms with van der Waals surface area (Å²) in [6.45, 7) is 3.45. The molecule has 0 bridgehead atoms. The maximum Gasteiger partial charge on any atom is 0.0101 e. The highest BCUT2D eigenvalue weighted by molar-refractivity contribution is 7.99. The van der Waals surface area contributed by atoms with Crippen LogP contribution in [0.2, 0.25) is 0 Å². The monoisotopic (exact) mass is 216 g/mol. The molecule has 1 fully saturated rings. The van der Waals surface area contributed by atoms with Crippen LogP contribution in [-0.4, -0.2) is 49.6 Å². The lowest BCUT2D eigenvalue weighted by Gasteiger charge is -2.11. The molecule has 0 heterocycles. The van der Waals surface area contributed by atoms with Crippen LogP contribution >= 0.6 is 11.8 Å². The molecule has 1 N–H and O–H groups in total. The van der Waals surface area contributed by atoms with Gasteiger partial charge in [-0.1, -0.05) is 12.8 Å². The molecule has 3 heteroatoms. The fourth-order valence-corrected chi connectivity index (χ4v) is 3.04. The van der Waals surface area contributed by atoms with E-state index in [2.05, 4.69) is 36.1 Å². The third-order valence-electron chi connectivity index (χ3n) is 2.67. The van der Waals surface area contributed by atoms with E-state index in [1.807, 2.05) is 0 Å². The summed E-state index contributed by atoms with van der Waals surface area (Å²) in [6.07, 6.45) is 5.85. The van der Waals surface area contributed by atoms with Gasteiger partial charge in [-0.3, -0.25) is 0 Å². The van der Waals surface area contributed by atoms with Crippen LogP contribution in [0.4, 0.5) is 0 Å². The van der Waals surface area contributed by atoms with Gasteiger partial charge in [0.05, 0.1) is 0 Å². The lowest BCUT2D eigenvalue weighted by Crippen LogP contribution is -2.28. The van der Waals surface area contributed by atoms with Crippen molar-refractivity contribution in [1.82, 2.24) is 10.2 Å². The van der Waals surface area contributed by atoms with Gasteiger partial charge in [-0.15, -0.1) is 0 Å². The minimum Gasteiger partial charge on any atom is -0.315 e. The molecule has 0 spiro atoms. The van der Waals surface area contributed by atoms with Crippen molar-refractivity contribution in [2.24, 2.45) is 0 Å². The highest BCUT2D eigenvalue weighted by atomic mass is 32.2. The molecule has 1 aliphatic carbocycles. The Hall–Kier alpha value is 0.270. The Morgan fingerprint density at radius 2 is 1.93 bits per heavy atom. The van der Waals surface area contributed by atoms with Crippen LogP contribution in [0.5, 0.6) is 0 Å². The number of likely N-dealkylation sites (N-methyl/N-ethyl adjacent to an activating group) is 1. The molecule has 0 aromatic rings. The molecule has 1 aliphatic rings. The summed E-state index contributed by atoms with van der Waals surface area (Å²) in [5, 5.41) is 4.46. The lowest BCUT2D eigenvalue weighted by atomic mass is 10.4. The summed E-state index contributed by atoms with van der Waals surface area (Å²) < 4.78 is 0. The zero-order valence-electron chi connectivity index (χ0n) is 9.59. The summed E-state index contributed by atoms with van der Waals surface area (Å²) in [4.78, 5) is 2.22. The Kier molecular flexibility index (Phi) is 6.65. The molecule has 0 aliphatic heterocycles. The summed E-state index contributed by atoms with van der Waals surface area (Å²) in [5.41, 5.74) is 0. The number of rotatable bonds is 7. The van der Waals surface area contributed by atoms with Crippen LogP contribution in [-0.2, 0) is 0 Å². The fourth-order valence-electron chi connectivity index (χ4n) is 1.78. The Morgan fingerprint density at radius 3 is 2.57 bits per heavy atom. The molecule has 0 amide bonds. The number of hydrogen-bond donors (Lipinski definition) is 1. The predicted octanol–water partition coefficient (Wildman–Crippen LogP) is 1.81. The smallest absolute Gasteiger partial charge is 0.0101 e. The second kappa shape index (κ2) is 7.55. The summed E-state index contributed by atoms with van der Waals surface area (Å²) in [7, 11) is 4.24. The third-order valence-corrected chi connectivity index (χ3v) is 4.05. The van der Waals surface area contributed by atoms with Crippen molar-refractivity contribution < 1.29 is 0 Å². The Balaban J connectivity index is 1.79. The van der Waals surface area contributed by atoms with Gasteiger partial charge in [0.1, 0.15) is 0 Å². The summed E-state index contributed by atoms with van der Waals surface area (Å²) in [5.74, 6) is 1.29. The van der Waals surface area contributed by atoms with Gasteiger partial charge >= 0.3 is 0 Å². The number of nitrogens with zero attached hydrogens (tertiary/aromatic N) is 1. The molecule has 0 saturated heterocycles. The molecule has 2 nitrogen and oxygen atoms in total. The largest absolute Gasteiger partial charge is 0.315 e. The average Bonchev–Trinajstić information content (AvgIpc) is 2.63. The van der Waals surface area contributed by atoms with Gasteiger partial charge in [0, 0.05) is 30.6 Å². The molecule has 1 saturated carbocycles. The van der Waals surface area contributed by atoms with Crippen LogP contribution < -0.4 is 5.32 Å². The average molecular weight is 216 g/mol. The van der Waals surface area contributed by atoms with E-state index in [4.69, 9.17) is 0 Å². The quantitative estimate of drug-likeness (QED) is 0.654. The standard InChI is InChI=1S/C11H24N2S/c1-13(2)9-7-12-8-10-14-11-5-3-4-6-11/h11-12H,3-10H2,1-2H3. The number of thioether (sulfide) groups is 1. The zero-order valence-corrected chi connectivity index (χ0v) is 10.4. The first-order valence-corrected chi connectivity index (χ1v) is 6.81. The van der Waals surface area contributed by atoms with Crippen molar-refractivity contribution in [3.05, 3.63) is 0 Å². The predicted molar refractivity (Wildman–Crippen MR) is 66.1 cm³/mol. The zero-order chi connectivity index (χ0) is 10.2. The van der Waals surface area contributed by atoms with E-state index in [0.717, 1.165) is 18.3 Å². The first-order valence-electron chi connectivity index (χ1n) is 5.76. The summed E-state index contributed by atoms with van der Waals surface area (Å²) >= 11 is 2.17. The third kappa shape index (κ3) is 5.89. The number of hydrogen-bond acceptors (Lipinski definition) is 3. The van der Waals surface area contributed by atoms with Crippen molar-refractivity contribution in [2.45, 2.75) is 30.9 Å². The molecular weight excluding hydrogens is 192 g/mol. The van der Waals surface area contributed by atoms with Crippen molar-refractivity contribution in [1.29, 1.82) is 0 Å². The van der Waals surface area contributed by atoms with Crippen LogP contribution in [0, 0.1) is 0 Å². The van der Waals surface area contributed by atoms with Crippen LogP contribution in [0.15, 0.2) is 0 Å². The van der Waals surface area contributed by atoms with Crippen LogP contribution in [0.1, 0.15) is 25.7 Å². The maximum atomic E-state index is 3.48. The van der Waals surface area contributed by atoms with Gasteiger partial charge in [-0.05, 0) is 26.9 Å². The fraction of sp³-hybridized carbons (Fsp3) is 1.00. The summed E-state index contributed by atoms with van der Waals surface area (Å²) in [6, 6.07) is 0.